The van der Waals surface area contributed by atoms with Crippen LogP contribution in [0.2, 0.25) is 5.02 Å². The number of aryl methyl sites for hydroxylation is 1. The number of pyridine rings is 1. The third kappa shape index (κ3) is 5.73. The lowest BCUT2D eigenvalue weighted by Gasteiger charge is -2.20. The number of likely N-dealkylation sites (N-methyl/N-ethyl adjacent to an activating group) is 1. The van der Waals surface area contributed by atoms with Gasteiger partial charge in [-0.25, -0.2) is 0 Å². The van der Waals surface area contributed by atoms with Crippen LogP contribution in [-0.2, 0) is 4.79 Å². The van der Waals surface area contributed by atoms with Crippen molar-refractivity contribution in [2.75, 3.05) is 12.4 Å². The molecule has 1 unspecified atom stereocenters. The van der Waals surface area contributed by atoms with Gasteiger partial charge in [0.1, 0.15) is 6.04 Å². The number of rotatable bonds is 8. The van der Waals surface area contributed by atoms with Crippen LogP contribution in [0.5, 0.6) is 0 Å². The minimum Gasteiger partial charge on any atom is -0.376 e. The molecule has 6 nitrogen and oxygen atoms in total. The fraction of sp³-hybridized carbons (Fsp3) is 0.500. The lowest BCUT2D eigenvalue weighted by atomic mass is 9.98. The number of carbonyl (C=O) groups excluding carboxylic acids is 2. The molecule has 8 heteroatoms. The molecule has 2 aromatic rings. The molecular weight excluding hydrogens is 420 g/mol. The molecule has 1 aliphatic carbocycles. The second kappa shape index (κ2) is 10.3. The van der Waals surface area contributed by atoms with Crippen LogP contribution in [0.15, 0.2) is 24.4 Å². The van der Waals surface area contributed by atoms with Gasteiger partial charge in [-0.1, -0.05) is 37.3 Å². The fourth-order valence-corrected chi connectivity index (χ4v) is 4.95. The first-order valence-corrected chi connectivity index (χ1v) is 11.6. The number of hydrogen-bond acceptors (Lipinski definition) is 5. The average Bonchev–Trinajstić information content (AvgIpc) is 3.41. The Morgan fingerprint density at radius 1 is 1.30 bits per heavy atom. The first-order valence-electron chi connectivity index (χ1n) is 10.4. The number of carbonyl (C=O) groups is 2. The van der Waals surface area contributed by atoms with Crippen molar-refractivity contribution in [3.8, 4) is 0 Å². The Morgan fingerprint density at radius 3 is 2.73 bits per heavy atom. The molecular formula is C22H29ClN4O2S. The Kier molecular flexibility index (Phi) is 7.72. The zero-order chi connectivity index (χ0) is 21.7. The number of hydrogen-bond donors (Lipinski definition) is 3. The topological polar surface area (TPSA) is 83.1 Å². The second-order valence-electron chi connectivity index (χ2n) is 7.88. The Bertz CT molecular complexity index is 895. The van der Waals surface area contributed by atoms with Gasteiger partial charge in [-0.15, -0.1) is 11.3 Å². The van der Waals surface area contributed by atoms with Gasteiger partial charge in [0, 0.05) is 18.1 Å². The largest absolute Gasteiger partial charge is 0.376 e. The summed E-state index contributed by atoms with van der Waals surface area (Å²) in [5.74, 6) is 0.168. The Hall–Kier alpha value is -2.12. The van der Waals surface area contributed by atoms with Gasteiger partial charge in [0.25, 0.3) is 5.91 Å². The van der Waals surface area contributed by atoms with Crippen molar-refractivity contribution < 1.29 is 9.59 Å². The van der Waals surface area contributed by atoms with E-state index in [9.17, 15) is 9.59 Å². The van der Waals surface area contributed by atoms with Crippen molar-refractivity contribution in [2.45, 2.75) is 58.0 Å². The minimum absolute atomic E-state index is 0.0104. The Morgan fingerprint density at radius 2 is 2.03 bits per heavy atom. The van der Waals surface area contributed by atoms with Crippen molar-refractivity contribution in [3.05, 3.63) is 44.9 Å². The van der Waals surface area contributed by atoms with E-state index in [1.54, 1.807) is 13.2 Å². The molecule has 0 saturated heterocycles. The van der Waals surface area contributed by atoms with Gasteiger partial charge in [-0.3, -0.25) is 14.6 Å². The standard InChI is InChI=1S/C22H29ClN4O2S/c1-13-17(11-16(23)12-25-13)26-14(2)19-8-9-20(30-19)22(29)27-18(21(28)24-3)10-15-6-4-5-7-15/h8-9,11-12,14-15,18,26H,4-7,10H2,1-3H3,(H,24,28)(H,27,29)/t14?,18-/m0/s1. The van der Waals surface area contributed by atoms with E-state index in [2.05, 4.69) is 20.9 Å². The third-order valence-corrected chi connectivity index (χ3v) is 7.09. The molecule has 2 heterocycles. The van der Waals surface area contributed by atoms with Crippen LogP contribution >= 0.6 is 22.9 Å². The molecule has 30 heavy (non-hydrogen) atoms. The molecule has 2 aromatic heterocycles. The van der Waals surface area contributed by atoms with Crippen molar-refractivity contribution >= 4 is 40.4 Å². The van der Waals surface area contributed by atoms with Crippen molar-refractivity contribution in [1.29, 1.82) is 0 Å². The molecule has 2 amide bonds. The summed E-state index contributed by atoms with van der Waals surface area (Å²) in [5.41, 5.74) is 1.73. The number of nitrogens with zero attached hydrogens (tertiary/aromatic N) is 1. The van der Waals surface area contributed by atoms with Crippen LogP contribution in [0.1, 0.15) is 65.3 Å². The number of amides is 2. The summed E-state index contributed by atoms with van der Waals surface area (Å²) >= 11 is 7.48. The van der Waals surface area contributed by atoms with Gasteiger partial charge in [-0.2, -0.15) is 0 Å². The highest BCUT2D eigenvalue weighted by molar-refractivity contribution is 7.14. The SMILES string of the molecule is CNC(=O)[C@H](CC1CCCC1)NC(=O)c1ccc(C(C)Nc2cc(Cl)cnc2C)s1. The quantitative estimate of drug-likeness (QED) is 0.546. The van der Waals surface area contributed by atoms with Gasteiger partial charge in [0.05, 0.1) is 27.3 Å². The molecule has 2 atom stereocenters. The number of nitrogens with one attached hydrogen (secondary N) is 3. The summed E-state index contributed by atoms with van der Waals surface area (Å²) < 4.78 is 0. The van der Waals surface area contributed by atoms with Gasteiger partial charge in [0.2, 0.25) is 5.91 Å². The molecule has 0 aromatic carbocycles. The fourth-order valence-electron chi connectivity index (χ4n) is 3.88. The van der Waals surface area contributed by atoms with E-state index in [0.29, 0.717) is 22.2 Å². The van der Waals surface area contributed by atoms with Gasteiger partial charge >= 0.3 is 0 Å². The maximum absolute atomic E-state index is 12.8. The summed E-state index contributed by atoms with van der Waals surface area (Å²) in [6.07, 6.45) is 7.00. The van der Waals surface area contributed by atoms with Crippen molar-refractivity contribution in [1.82, 2.24) is 15.6 Å². The molecule has 0 radical (unpaired) electrons. The zero-order valence-electron chi connectivity index (χ0n) is 17.6. The van der Waals surface area contributed by atoms with E-state index in [-0.39, 0.29) is 17.9 Å². The van der Waals surface area contributed by atoms with E-state index in [1.165, 1.54) is 24.2 Å². The summed E-state index contributed by atoms with van der Waals surface area (Å²) in [4.78, 5) is 31.0. The summed E-state index contributed by atoms with van der Waals surface area (Å²) in [6.45, 7) is 3.95. The summed E-state index contributed by atoms with van der Waals surface area (Å²) in [5, 5.41) is 9.60. The molecule has 1 aliphatic rings. The van der Waals surface area contributed by atoms with Gasteiger partial charge < -0.3 is 16.0 Å². The smallest absolute Gasteiger partial charge is 0.262 e. The van der Waals surface area contributed by atoms with E-state index in [4.69, 9.17) is 11.6 Å². The van der Waals surface area contributed by atoms with Crippen LogP contribution in [0.3, 0.4) is 0 Å². The van der Waals surface area contributed by atoms with Gasteiger partial charge in [0.15, 0.2) is 0 Å². The highest BCUT2D eigenvalue weighted by atomic mass is 35.5. The van der Waals surface area contributed by atoms with Crippen LogP contribution in [0, 0.1) is 12.8 Å². The second-order valence-corrected chi connectivity index (χ2v) is 9.43. The van der Waals surface area contributed by atoms with E-state index in [1.807, 2.05) is 32.0 Å². The van der Waals surface area contributed by atoms with E-state index < -0.39 is 6.04 Å². The first kappa shape index (κ1) is 22.6. The molecule has 3 rings (SSSR count). The highest BCUT2D eigenvalue weighted by Crippen LogP contribution is 2.30. The molecule has 162 valence electrons. The van der Waals surface area contributed by atoms with Crippen LogP contribution in [0.25, 0.3) is 0 Å². The summed E-state index contributed by atoms with van der Waals surface area (Å²) in [6, 6.07) is 5.10. The van der Waals surface area contributed by atoms with Crippen LogP contribution in [0.4, 0.5) is 5.69 Å². The minimum atomic E-state index is -0.494. The molecule has 1 saturated carbocycles. The predicted octanol–water partition coefficient (Wildman–Crippen LogP) is 4.70. The lowest BCUT2D eigenvalue weighted by Crippen LogP contribution is -2.46. The molecule has 0 spiro atoms. The van der Waals surface area contributed by atoms with Crippen LogP contribution < -0.4 is 16.0 Å². The molecule has 1 fully saturated rings. The van der Waals surface area contributed by atoms with Crippen molar-refractivity contribution in [3.63, 3.8) is 0 Å². The van der Waals surface area contributed by atoms with E-state index >= 15 is 0 Å². The first-order chi connectivity index (χ1) is 14.4. The number of aromatic nitrogens is 1. The lowest BCUT2D eigenvalue weighted by molar-refractivity contribution is -0.122. The van der Waals surface area contributed by atoms with Gasteiger partial charge in [-0.05, 0) is 44.4 Å². The maximum Gasteiger partial charge on any atom is 0.262 e. The highest BCUT2D eigenvalue weighted by Gasteiger charge is 2.27. The third-order valence-electron chi connectivity index (χ3n) is 5.61. The molecule has 0 aliphatic heterocycles. The Balaban J connectivity index is 1.65. The zero-order valence-corrected chi connectivity index (χ0v) is 19.2. The monoisotopic (exact) mass is 448 g/mol. The predicted molar refractivity (Wildman–Crippen MR) is 122 cm³/mol. The van der Waals surface area contributed by atoms with Crippen molar-refractivity contribution in [2.24, 2.45) is 5.92 Å². The normalized spacial score (nSPS) is 16.1. The van der Waals surface area contributed by atoms with E-state index in [0.717, 1.165) is 29.1 Å². The molecule has 0 bridgehead atoms. The number of anilines is 1. The number of thiophene rings is 1. The maximum atomic E-state index is 12.8. The van der Waals surface area contributed by atoms with Crippen LogP contribution in [-0.4, -0.2) is 29.9 Å². The Labute approximate surface area is 186 Å². The summed E-state index contributed by atoms with van der Waals surface area (Å²) in [7, 11) is 1.61. The number of halogens is 1. The molecule has 3 N–H and O–H groups in total. The average molecular weight is 449 g/mol.